The fourth-order valence-corrected chi connectivity index (χ4v) is 3.63. The van der Waals surface area contributed by atoms with Crippen LogP contribution >= 0.6 is 12.2 Å². The lowest BCUT2D eigenvalue weighted by Crippen LogP contribution is -2.25. The highest BCUT2D eigenvalue weighted by Gasteiger charge is 2.09. The third-order valence-electron chi connectivity index (χ3n) is 4.62. The molecule has 4 rings (SSSR count). The molecule has 0 aliphatic carbocycles. The minimum absolute atomic E-state index is 0.377. The fraction of sp³-hybridized carbons (Fsp3) is 0.174. The normalized spacial score (nSPS) is 10.9. The summed E-state index contributed by atoms with van der Waals surface area (Å²) < 4.78 is 13.8. The Morgan fingerprint density at radius 2 is 1.43 bits per heavy atom. The van der Waals surface area contributed by atoms with Gasteiger partial charge >= 0.3 is 0 Å². The maximum absolute atomic E-state index is 5.96. The van der Waals surface area contributed by atoms with Crippen LogP contribution < -0.4 is 14.8 Å². The molecule has 1 aromatic heterocycles. The van der Waals surface area contributed by atoms with E-state index >= 15 is 0 Å². The van der Waals surface area contributed by atoms with E-state index in [1.165, 1.54) is 21.8 Å². The van der Waals surface area contributed by atoms with Gasteiger partial charge in [-0.05, 0) is 55.5 Å². The van der Waals surface area contributed by atoms with Crippen LogP contribution in [0.3, 0.4) is 0 Å². The number of benzene rings is 3. The smallest absolute Gasteiger partial charge is 0.262 e. The van der Waals surface area contributed by atoms with Gasteiger partial charge in [0.25, 0.3) is 5.17 Å². The number of nitrogens with one attached hydrogen (secondary N) is 1. The third-order valence-corrected chi connectivity index (χ3v) is 4.85. The first-order chi connectivity index (χ1) is 13.8. The highest BCUT2D eigenvalue weighted by Crippen LogP contribution is 2.28. The van der Waals surface area contributed by atoms with Gasteiger partial charge in [-0.1, -0.05) is 36.4 Å². The number of para-hydroxylation sites is 2. The number of rotatable bonds is 6. The minimum Gasteiger partial charge on any atom is -0.492 e. The van der Waals surface area contributed by atoms with Crippen molar-refractivity contribution in [3.05, 3.63) is 72.8 Å². The van der Waals surface area contributed by atoms with Crippen LogP contribution in [0.5, 0.6) is 11.5 Å². The van der Waals surface area contributed by atoms with Gasteiger partial charge in [0, 0.05) is 28.4 Å². The van der Waals surface area contributed by atoms with Crippen LogP contribution in [0.15, 0.2) is 72.8 Å². The number of ether oxygens (including phenoxy) is 2. The molecule has 0 atom stereocenters. The molecule has 0 aliphatic heterocycles. The lowest BCUT2D eigenvalue weighted by Gasteiger charge is -2.11. The summed E-state index contributed by atoms with van der Waals surface area (Å²) >= 11 is 5.09. The second-order valence-electron chi connectivity index (χ2n) is 6.43. The largest absolute Gasteiger partial charge is 0.492 e. The zero-order valence-corrected chi connectivity index (χ0v) is 16.5. The number of nitrogens with zero attached hydrogens (tertiary/aromatic N) is 1. The molecular weight excluding hydrogens is 368 g/mol. The van der Waals surface area contributed by atoms with Crippen LogP contribution in [0, 0.1) is 0 Å². The summed E-state index contributed by atoms with van der Waals surface area (Å²) in [5, 5.41) is 5.89. The van der Waals surface area contributed by atoms with Crippen LogP contribution in [-0.4, -0.2) is 22.9 Å². The van der Waals surface area contributed by atoms with E-state index in [0.29, 0.717) is 17.5 Å². The number of hydrogen-bond acceptors (Lipinski definition) is 3. The van der Waals surface area contributed by atoms with Crippen molar-refractivity contribution in [2.24, 2.45) is 0 Å². The van der Waals surface area contributed by atoms with Crippen molar-refractivity contribution < 1.29 is 9.47 Å². The molecule has 3 aromatic carbocycles. The van der Waals surface area contributed by atoms with Crippen molar-refractivity contribution in [3.63, 3.8) is 0 Å². The van der Waals surface area contributed by atoms with E-state index in [2.05, 4.69) is 58.4 Å². The first kappa shape index (κ1) is 18.3. The maximum Gasteiger partial charge on any atom is 0.262 e. The molecular formula is C23H22N2O2S. The molecule has 4 nitrogen and oxygen atoms in total. The first-order valence-corrected chi connectivity index (χ1v) is 9.81. The molecule has 142 valence electrons. The summed E-state index contributed by atoms with van der Waals surface area (Å²) in [7, 11) is 0. The summed E-state index contributed by atoms with van der Waals surface area (Å²) in [4.78, 5) is 0. The summed E-state index contributed by atoms with van der Waals surface area (Å²) in [6, 6.07) is 24.5. The molecule has 0 aliphatic rings. The molecule has 0 amide bonds. The predicted molar refractivity (Wildman–Crippen MR) is 118 cm³/mol. The van der Waals surface area contributed by atoms with Crippen molar-refractivity contribution in [1.29, 1.82) is 0 Å². The Balaban J connectivity index is 1.45. The molecule has 0 saturated heterocycles. The minimum atomic E-state index is 0.377. The standard InChI is InChI=1S/C23H22N2O2S/c1-2-24-23(28)27-18-13-11-17(12-14-18)26-16-15-25-21-9-5-3-7-19(21)20-8-4-6-10-22(20)25/h3-14H,2,15-16H2,1H3,(H,24,28). The zero-order chi connectivity index (χ0) is 19.3. The average Bonchev–Trinajstić information content (AvgIpc) is 3.04. The van der Waals surface area contributed by atoms with Crippen molar-refractivity contribution >= 4 is 39.2 Å². The van der Waals surface area contributed by atoms with E-state index < -0.39 is 0 Å². The summed E-state index contributed by atoms with van der Waals surface area (Å²) in [5.41, 5.74) is 2.46. The van der Waals surface area contributed by atoms with Crippen LogP contribution in [0.4, 0.5) is 0 Å². The van der Waals surface area contributed by atoms with Crippen molar-refractivity contribution in [2.75, 3.05) is 13.2 Å². The van der Waals surface area contributed by atoms with Gasteiger partial charge in [0.05, 0.1) is 6.54 Å². The number of aromatic nitrogens is 1. The summed E-state index contributed by atoms with van der Waals surface area (Å²) in [5.74, 6) is 1.50. The topological polar surface area (TPSA) is 35.4 Å². The fourth-order valence-electron chi connectivity index (χ4n) is 3.39. The zero-order valence-electron chi connectivity index (χ0n) is 15.7. The van der Waals surface area contributed by atoms with Crippen molar-refractivity contribution in [1.82, 2.24) is 9.88 Å². The maximum atomic E-state index is 5.96. The van der Waals surface area contributed by atoms with Crippen molar-refractivity contribution in [3.8, 4) is 11.5 Å². The lowest BCUT2D eigenvalue weighted by molar-refractivity contribution is 0.302. The number of hydrogen-bond donors (Lipinski definition) is 1. The third kappa shape index (κ3) is 3.80. The molecule has 5 heteroatoms. The molecule has 0 fully saturated rings. The average molecular weight is 391 g/mol. The van der Waals surface area contributed by atoms with Gasteiger partial charge in [0.15, 0.2) is 0 Å². The molecule has 0 saturated carbocycles. The highest BCUT2D eigenvalue weighted by atomic mass is 32.1. The Morgan fingerprint density at radius 3 is 2.04 bits per heavy atom. The van der Waals surface area contributed by atoms with Gasteiger partial charge < -0.3 is 19.4 Å². The van der Waals surface area contributed by atoms with Gasteiger partial charge in [0.2, 0.25) is 0 Å². The van der Waals surface area contributed by atoms with E-state index in [-0.39, 0.29) is 0 Å². The number of thiocarbonyl (C=S) groups is 1. The van der Waals surface area contributed by atoms with E-state index in [1.54, 1.807) is 0 Å². The van der Waals surface area contributed by atoms with E-state index in [0.717, 1.165) is 18.8 Å². The van der Waals surface area contributed by atoms with Crippen molar-refractivity contribution in [2.45, 2.75) is 13.5 Å². The Bertz CT molecular complexity index is 1050. The van der Waals surface area contributed by atoms with Gasteiger partial charge in [-0.3, -0.25) is 0 Å². The summed E-state index contributed by atoms with van der Waals surface area (Å²) in [6.45, 7) is 4.07. The molecule has 0 radical (unpaired) electrons. The van der Waals surface area contributed by atoms with E-state index in [1.807, 2.05) is 31.2 Å². The predicted octanol–water partition coefficient (Wildman–Crippen LogP) is 5.15. The first-order valence-electron chi connectivity index (χ1n) is 9.41. The SMILES string of the molecule is CCNC(=S)Oc1ccc(OCCn2c3ccccc3c3ccccc32)cc1. The summed E-state index contributed by atoms with van der Waals surface area (Å²) in [6.07, 6.45) is 0. The number of fused-ring (bicyclic) bond motifs is 3. The van der Waals surface area contributed by atoms with Crippen LogP contribution in [-0.2, 0) is 6.54 Å². The second-order valence-corrected chi connectivity index (χ2v) is 6.80. The van der Waals surface area contributed by atoms with Gasteiger partial charge in [-0.25, -0.2) is 0 Å². The lowest BCUT2D eigenvalue weighted by atomic mass is 10.2. The van der Waals surface area contributed by atoms with Crippen LogP contribution in [0.1, 0.15) is 6.92 Å². The van der Waals surface area contributed by atoms with E-state index in [9.17, 15) is 0 Å². The van der Waals surface area contributed by atoms with E-state index in [4.69, 9.17) is 21.7 Å². The molecule has 1 N–H and O–H groups in total. The van der Waals surface area contributed by atoms with Gasteiger partial charge in [-0.15, -0.1) is 0 Å². The Kier molecular flexibility index (Phi) is 5.44. The molecule has 4 aromatic rings. The monoisotopic (exact) mass is 390 g/mol. The molecule has 28 heavy (non-hydrogen) atoms. The second kappa shape index (κ2) is 8.31. The molecule has 0 spiro atoms. The molecule has 1 heterocycles. The molecule has 0 bridgehead atoms. The van der Waals surface area contributed by atoms with Crippen LogP contribution in [0.2, 0.25) is 0 Å². The Morgan fingerprint density at radius 1 is 0.857 bits per heavy atom. The highest BCUT2D eigenvalue weighted by molar-refractivity contribution is 7.80. The quantitative estimate of drug-likeness (QED) is 0.462. The Labute approximate surface area is 169 Å². The van der Waals surface area contributed by atoms with Gasteiger partial charge in [0.1, 0.15) is 18.1 Å². The van der Waals surface area contributed by atoms with Gasteiger partial charge in [-0.2, -0.15) is 0 Å². The Hall–Kier alpha value is -3.05. The molecule has 0 unspecified atom stereocenters. The van der Waals surface area contributed by atoms with Crippen LogP contribution in [0.25, 0.3) is 21.8 Å².